The van der Waals surface area contributed by atoms with Crippen molar-refractivity contribution >= 4 is 31.5 Å². The Balaban J connectivity index is 1.96. The monoisotopic (exact) mass is 353 g/mol. The van der Waals surface area contributed by atoms with E-state index in [0.717, 1.165) is 15.7 Å². The highest BCUT2D eigenvalue weighted by atomic mass is 79.9. The summed E-state index contributed by atoms with van der Waals surface area (Å²) in [7, 11) is -3.23. The maximum atomic E-state index is 12.1. The largest absolute Gasteiger partial charge is 0.384 e. The van der Waals surface area contributed by atoms with Gasteiger partial charge < -0.3 is 5.32 Å². The molecule has 0 heterocycles. The van der Waals surface area contributed by atoms with Crippen LogP contribution >= 0.6 is 15.9 Å². The number of nitrogens with one attached hydrogen (secondary N) is 1. The van der Waals surface area contributed by atoms with Gasteiger partial charge in [-0.15, -0.1) is 0 Å². The molecule has 0 aliphatic rings. The van der Waals surface area contributed by atoms with Crippen LogP contribution in [-0.4, -0.2) is 20.7 Å². The number of halogens is 1. The van der Waals surface area contributed by atoms with E-state index in [9.17, 15) is 8.42 Å². The first-order valence-electron chi connectivity index (χ1n) is 6.26. The Morgan fingerprint density at radius 1 is 1.00 bits per heavy atom. The maximum absolute atomic E-state index is 12.1. The van der Waals surface area contributed by atoms with Gasteiger partial charge in [0.15, 0.2) is 9.84 Å². The topological polar surface area (TPSA) is 46.2 Å². The number of rotatable bonds is 5. The van der Waals surface area contributed by atoms with Crippen molar-refractivity contribution < 1.29 is 8.42 Å². The van der Waals surface area contributed by atoms with Crippen LogP contribution in [-0.2, 0) is 9.84 Å². The summed E-state index contributed by atoms with van der Waals surface area (Å²) in [6.45, 7) is 2.32. The van der Waals surface area contributed by atoms with Crippen LogP contribution in [0.2, 0.25) is 0 Å². The van der Waals surface area contributed by atoms with Gasteiger partial charge in [-0.1, -0.05) is 33.6 Å². The fourth-order valence-corrected chi connectivity index (χ4v) is 3.18. The first-order valence-corrected chi connectivity index (χ1v) is 8.71. The van der Waals surface area contributed by atoms with Crippen LogP contribution in [0.4, 0.5) is 5.69 Å². The van der Waals surface area contributed by atoms with Crippen molar-refractivity contribution in [1.82, 2.24) is 0 Å². The molecule has 106 valence electrons. The molecule has 0 unspecified atom stereocenters. The average molecular weight is 354 g/mol. The van der Waals surface area contributed by atoms with Crippen molar-refractivity contribution in [3.05, 3.63) is 58.6 Å². The minimum absolute atomic E-state index is 0.0755. The normalized spacial score (nSPS) is 11.3. The Kier molecular flexibility index (Phi) is 4.83. The van der Waals surface area contributed by atoms with Gasteiger partial charge in [-0.3, -0.25) is 0 Å². The van der Waals surface area contributed by atoms with Crippen LogP contribution in [0.1, 0.15) is 5.56 Å². The number of sulfone groups is 1. The van der Waals surface area contributed by atoms with E-state index >= 15 is 0 Å². The van der Waals surface area contributed by atoms with Crippen LogP contribution < -0.4 is 5.32 Å². The lowest BCUT2D eigenvalue weighted by molar-refractivity contribution is 0.596. The molecule has 0 saturated heterocycles. The van der Waals surface area contributed by atoms with Gasteiger partial charge in [0.25, 0.3) is 0 Å². The Bertz CT molecular complexity index is 664. The molecular formula is C15H16BrNO2S. The van der Waals surface area contributed by atoms with Gasteiger partial charge >= 0.3 is 0 Å². The molecule has 0 aliphatic heterocycles. The molecule has 0 saturated carbocycles. The van der Waals surface area contributed by atoms with Crippen molar-refractivity contribution in [3.63, 3.8) is 0 Å². The standard InChI is InChI=1S/C15H16BrNO2S/c1-12-2-8-15(9-3-12)20(18,19)11-10-17-14-6-4-13(16)5-7-14/h2-9,17H,10-11H2,1H3. The number of hydrogen-bond acceptors (Lipinski definition) is 3. The van der Waals surface area contributed by atoms with Gasteiger partial charge in [0.05, 0.1) is 10.6 Å². The van der Waals surface area contributed by atoms with E-state index in [2.05, 4.69) is 21.2 Å². The van der Waals surface area contributed by atoms with E-state index in [1.165, 1.54) is 0 Å². The Morgan fingerprint density at radius 2 is 1.60 bits per heavy atom. The van der Waals surface area contributed by atoms with E-state index in [4.69, 9.17) is 0 Å². The summed E-state index contributed by atoms with van der Waals surface area (Å²) in [5.74, 6) is 0.0755. The lowest BCUT2D eigenvalue weighted by Crippen LogP contribution is -2.15. The molecule has 0 atom stereocenters. The molecule has 20 heavy (non-hydrogen) atoms. The molecule has 2 rings (SSSR count). The van der Waals surface area contributed by atoms with Gasteiger partial charge in [0.2, 0.25) is 0 Å². The Hall–Kier alpha value is -1.33. The third-order valence-electron chi connectivity index (χ3n) is 2.92. The van der Waals surface area contributed by atoms with Gasteiger partial charge in [0, 0.05) is 16.7 Å². The lowest BCUT2D eigenvalue weighted by Gasteiger charge is -2.08. The van der Waals surface area contributed by atoms with Gasteiger partial charge in [-0.25, -0.2) is 8.42 Å². The molecule has 2 aromatic carbocycles. The number of anilines is 1. The predicted molar refractivity (Wildman–Crippen MR) is 85.9 cm³/mol. The van der Waals surface area contributed by atoms with Crippen LogP contribution in [0.5, 0.6) is 0 Å². The van der Waals surface area contributed by atoms with Gasteiger partial charge in [0.1, 0.15) is 0 Å². The predicted octanol–water partition coefficient (Wildman–Crippen LogP) is 3.64. The molecule has 0 fully saturated rings. The number of benzene rings is 2. The summed E-state index contributed by atoms with van der Waals surface area (Å²) in [6, 6.07) is 14.6. The summed E-state index contributed by atoms with van der Waals surface area (Å²) in [6.07, 6.45) is 0. The molecule has 0 bridgehead atoms. The zero-order valence-corrected chi connectivity index (χ0v) is 13.5. The first-order chi connectivity index (χ1) is 9.47. The molecule has 0 aromatic heterocycles. The Labute approximate surface area is 128 Å². The second-order valence-corrected chi connectivity index (χ2v) is 7.59. The van der Waals surface area contributed by atoms with Crippen molar-refractivity contribution in [2.45, 2.75) is 11.8 Å². The highest BCUT2D eigenvalue weighted by Gasteiger charge is 2.13. The van der Waals surface area contributed by atoms with Crippen LogP contribution in [0, 0.1) is 6.92 Å². The highest BCUT2D eigenvalue weighted by molar-refractivity contribution is 9.10. The smallest absolute Gasteiger partial charge is 0.180 e. The van der Waals surface area contributed by atoms with Crippen LogP contribution in [0.25, 0.3) is 0 Å². The van der Waals surface area contributed by atoms with Crippen LogP contribution in [0.3, 0.4) is 0 Å². The molecule has 5 heteroatoms. The third kappa shape index (κ3) is 4.08. The third-order valence-corrected chi connectivity index (χ3v) is 5.18. The molecule has 2 aromatic rings. The molecule has 3 nitrogen and oxygen atoms in total. The molecule has 0 amide bonds. The average Bonchev–Trinajstić information content (AvgIpc) is 2.41. The summed E-state index contributed by atoms with van der Waals surface area (Å²) in [5.41, 5.74) is 1.96. The first kappa shape index (κ1) is 15.1. The zero-order chi connectivity index (χ0) is 14.6. The van der Waals surface area contributed by atoms with Crippen LogP contribution in [0.15, 0.2) is 57.9 Å². The van der Waals surface area contributed by atoms with Crippen molar-refractivity contribution in [2.75, 3.05) is 17.6 Å². The SMILES string of the molecule is Cc1ccc(S(=O)(=O)CCNc2ccc(Br)cc2)cc1. The maximum Gasteiger partial charge on any atom is 0.180 e. The highest BCUT2D eigenvalue weighted by Crippen LogP contribution is 2.15. The van der Waals surface area contributed by atoms with E-state index < -0.39 is 9.84 Å². The molecule has 0 radical (unpaired) electrons. The minimum Gasteiger partial charge on any atom is -0.384 e. The lowest BCUT2D eigenvalue weighted by atomic mass is 10.2. The van der Waals surface area contributed by atoms with Gasteiger partial charge in [-0.2, -0.15) is 0 Å². The fraction of sp³-hybridized carbons (Fsp3) is 0.200. The molecular weight excluding hydrogens is 338 g/mol. The second-order valence-electron chi connectivity index (χ2n) is 4.57. The minimum atomic E-state index is -3.23. The summed E-state index contributed by atoms with van der Waals surface area (Å²) in [4.78, 5) is 0.376. The summed E-state index contributed by atoms with van der Waals surface area (Å²) in [5, 5.41) is 3.11. The molecule has 0 spiro atoms. The summed E-state index contributed by atoms with van der Waals surface area (Å²) < 4.78 is 25.3. The summed E-state index contributed by atoms with van der Waals surface area (Å²) >= 11 is 3.36. The van der Waals surface area contributed by atoms with Crippen molar-refractivity contribution in [1.29, 1.82) is 0 Å². The van der Waals surface area contributed by atoms with Crippen molar-refractivity contribution in [2.24, 2.45) is 0 Å². The van der Waals surface area contributed by atoms with E-state index in [1.54, 1.807) is 12.1 Å². The molecule has 1 N–H and O–H groups in total. The second kappa shape index (κ2) is 6.41. The van der Waals surface area contributed by atoms with E-state index in [1.807, 2.05) is 43.3 Å². The number of aryl methyl sites for hydroxylation is 1. The quantitative estimate of drug-likeness (QED) is 0.892. The zero-order valence-electron chi connectivity index (χ0n) is 11.1. The van der Waals surface area contributed by atoms with Crippen molar-refractivity contribution in [3.8, 4) is 0 Å². The fourth-order valence-electron chi connectivity index (χ4n) is 1.76. The van der Waals surface area contributed by atoms with Gasteiger partial charge in [-0.05, 0) is 43.3 Å². The Morgan fingerprint density at radius 3 is 2.20 bits per heavy atom. The van der Waals surface area contributed by atoms with E-state index in [-0.39, 0.29) is 5.75 Å². The molecule has 0 aliphatic carbocycles. The van der Waals surface area contributed by atoms with E-state index in [0.29, 0.717) is 11.4 Å². The number of hydrogen-bond donors (Lipinski definition) is 1.